The molecule has 0 fully saturated rings. The molecule has 39 heavy (non-hydrogen) atoms. The summed E-state index contributed by atoms with van der Waals surface area (Å²) in [5, 5.41) is 0. The molecule has 0 atom stereocenters. The van der Waals surface area contributed by atoms with Gasteiger partial charge in [0.1, 0.15) is 5.82 Å². The number of hydrogen-bond acceptors (Lipinski definition) is 5. The lowest BCUT2D eigenvalue weighted by molar-refractivity contribution is 0.153. The molecule has 4 aromatic rings. The van der Waals surface area contributed by atoms with Gasteiger partial charge in [0, 0.05) is 49.4 Å². The summed E-state index contributed by atoms with van der Waals surface area (Å²) >= 11 is 0. The summed E-state index contributed by atoms with van der Waals surface area (Å²) in [5.74, 6) is -0.259. The largest absolute Gasteiger partial charge is 0.360 e. The minimum atomic E-state index is -3.65. The van der Waals surface area contributed by atoms with E-state index in [9.17, 15) is 12.8 Å². The maximum absolute atomic E-state index is 13.6. The average Bonchev–Trinajstić information content (AvgIpc) is 3.38. The Balaban J connectivity index is 0.00000353. The summed E-state index contributed by atoms with van der Waals surface area (Å²) in [6.45, 7) is 2.62. The summed E-state index contributed by atoms with van der Waals surface area (Å²) in [5.41, 5.74) is 7.54. The molecule has 0 amide bonds. The fraction of sp³-hybridized carbons (Fsp3) is 0.207. The van der Waals surface area contributed by atoms with E-state index < -0.39 is 10.0 Å². The molecule has 0 saturated carbocycles. The first-order valence-corrected chi connectivity index (χ1v) is 13.9. The molecule has 0 radical (unpaired) electrons. The third-order valence-electron chi connectivity index (χ3n) is 6.76. The number of benzene rings is 2. The Bertz CT molecular complexity index is 1520. The number of hydrogen-bond donors (Lipinski definition) is 2. The SMILES string of the molecule is CONS(=O)(=O)c1ccc(CCN2CC=C(c3c[nH]c(-c4ccc(F)cc4)c3-c3ccncc3)CC2)cc1.Cl. The van der Waals surface area contributed by atoms with E-state index in [4.69, 9.17) is 0 Å². The van der Waals surface area contributed by atoms with Crippen LogP contribution >= 0.6 is 12.4 Å². The maximum atomic E-state index is 13.6. The highest BCUT2D eigenvalue weighted by Crippen LogP contribution is 2.39. The molecule has 1 aliphatic heterocycles. The van der Waals surface area contributed by atoms with E-state index >= 15 is 0 Å². The van der Waals surface area contributed by atoms with Gasteiger partial charge in [0.15, 0.2) is 0 Å². The highest BCUT2D eigenvalue weighted by Gasteiger charge is 2.21. The van der Waals surface area contributed by atoms with Crippen molar-refractivity contribution in [1.29, 1.82) is 0 Å². The topological polar surface area (TPSA) is 87.3 Å². The van der Waals surface area contributed by atoms with Gasteiger partial charge < -0.3 is 4.98 Å². The molecule has 2 aromatic heterocycles. The number of rotatable bonds is 9. The molecule has 2 N–H and O–H groups in total. The van der Waals surface area contributed by atoms with Crippen molar-refractivity contribution in [1.82, 2.24) is 19.8 Å². The number of aromatic amines is 1. The molecule has 3 heterocycles. The van der Waals surface area contributed by atoms with E-state index in [0.717, 1.165) is 66.0 Å². The van der Waals surface area contributed by atoms with Gasteiger partial charge in [-0.2, -0.15) is 0 Å². The molecule has 0 saturated heterocycles. The first kappa shape index (κ1) is 28.7. The highest BCUT2D eigenvalue weighted by molar-refractivity contribution is 7.89. The Labute approximate surface area is 234 Å². The molecule has 1 aliphatic rings. The molecule has 204 valence electrons. The van der Waals surface area contributed by atoms with Crippen molar-refractivity contribution < 1.29 is 17.6 Å². The smallest absolute Gasteiger partial charge is 0.262 e. The second kappa shape index (κ2) is 12.7. The van der Waals surface area contributed by atoms with Crippen LogP contribution in [-0.2, 0) is 21.3 Å². The van der Waals surface area contributed by atoms with Crippen LogP contribution in [0.25, 0.3) is 28.0 Å². The number of sulfonamides is 1. The second-order valence-electron chi connectivity index (χ2n) is 9.16. The summed E-state index contributed by atoms with van der Waals surface area (Å²) in [6, 6.07) is 17.4. The van der Waals surface area contributed by atoms with Crippen molar-refractivity contribution in [3.63, 3.8) is 0 Å². The summed E-state index contributed by atoms with van der Waals surface area (Å²) < 4.78 is 37.6. The fourth-order valence-corrected chi connectivity index (χ4v) is 5.59. The van der Waals surface area contributed by atoms with Gasteiger partial charge in [-0.05, 0) is 83.6 Å². The number of nitrogens with zero attached hydrogens (tertiary/aromatic N) is 2. The normalized spacial score (nSPS) is 14.1. The zero-order chi connectivity index (χ0) is 26.5. The fourth-order valence-electron chi connectivity index (χ4n) is 4.78. The zero-order valence-corrected chi connectivity index (χ0v) is 23.1. The summed E-state index contributed by atoms with van der Waals surface area (Å²) in [4.78, 5) is 16.7. The van der Waals surface area contributed by atoms with E-state index in [2.05, 4.69) is 25.8 Å². The molecule has 0 unspecified atom stereocenters. The number of pyridine rings is 1. The van der Waals surface area contributed by atoms with Crippen LogP contribution in [-0.4, -0.2) is 50.0 Å². The lowest BCUT2D eigenvalue weighted by Gasteiger charge is -2.26. The van der Waals surface area contributed by atoms with Crippen LogP contribution in [0.3, 0.4) is 0 Å². The predicted molar refractivity (Wildman–Crippen MR) is 153 cm³/mol. The first-order valence-electron chi connectivity index (χ1n) is 12.4. The van der Waals surface area contributed by atoms with Gasteiger partial charge in [0.05, 0.1) is 17.7 Å². The Morgan fingerprint density at radius 2 is 1.74 bits per heavy atom. The lowest BCUT2D eigenvalue weighted by Crippen LogP contribution is -2.30. The summed E-state index contributed by atoms with van der Waals surface area (Å²) in [7, 11) is -2.38. The predicted octanol–water partition coefficient (Wildman–Crippen LogP) is 5.48. The third-order valence-corrected chi connectivity index (χ3v) is 8.04. The molecule has 0 aliphatic carbocycles. The second-order valence-corrected chi connectivity index (χ2v) is 10.8. The van der Waals surface area contributed by atoms with E-state index in [-0.39, 0.29) is 23.1 Å². The monoisotopic (exact) mass is 568 g/mol. The molecular weight excluding hydrogens is 539 g/mol. The van der Waals surface area contributed by atoms with Gasteiger partial charge in [-0.25, -0.2) is 12.8 Å². The van der Waals surface area contributed by atoms with Crippen LogP contribution in [0, 0.1) is 5.82 Å². The molecule has 0 spiro atoms. The van der Waals surface area contributed by atoms with Crippen molar-refractivity contribution in [2.24, 2.45) is 0 Å². The lowest BCUT2D eigenvalue weighted by atomic mass is 9.92. The Kier molecular flexibility index (Phi) is 9.32. The van der Waals surface area contributed by atoms with E-state index in [0.29, 0.717) is 0 Å². The van der Waals surface area contributed by atoms with Gasteiger partial charge in [0.25, 0.3) is 10.0 Å². The first-order chi connectivity index (χ1) is 18.4. The van der Waals surface area contributed by atoms with Gasteiger partial charge >= 0.3 is 0 Å². The Morgan fingerprint density at radius 1 is 1.03 bits per heavy atom. The number of nitrogens with one attached hydrogen (secondary N) is 2. The van der Waals surface area contributed by atoms with Gasteiger partial charge in [-0.15, -0.1) is 12.4 Å². The standard InChI is InChI=1S/C29H29FN4O3S.ClH/c1-37-33-38(35,36)26-8-2-21(3-9-26)12-17-34-18-13-22(14-19-34)27-20-32-29(24-4-6-25(30)7-5-24)28(27)23-10-15-31-16-11-23;/h2-11,13,15-16,20,32-33H,12,14,17-19H2,1H3;1H. The van der Waals surface area contributed by atoms with Crippen LogP contribution in [0.5, 0.6) is 0 Å². The van der Waals surface area contributed by atoms with Crippen molar-refractivity contribution in [2.45, 2.75) is 17.7 Å². The van der Waals surface area contributed by atoms with Crippen LogP contribution in [0.1, 0.15) is 17.5 Å². The number of H-pyrrole nitrogens is 1. The van der Waals surface area contributed by atoms with Crippen molar-refractivity contribution in [2.75, 3.05) is 26.7 Å². The van der Waals surface area contributed by atoms with Crippen LogP contribution in [0.15, 0.2) is 90.2 Å². The minimum Gasteiger partial charge on any atom is -0.360 e. The van der Waals surface area contributed by atoms with E-state index in [1.165, 1.54) is 24.8 Å². The number of aromatic nitrogens is 2. The molecular formula is C29H30ClFN4O3S. The minimum absolute atomic E-state index is 0. The molecule has 2 aromatic carbocycles. The highest BCUT2D eigenvalue weighted by atomic mass is 35.5. The Hall–Kier alpha value is -3.34. The van der Waals surface area contributed by atoms with E-state index in [1.807, 2.05) is 35.3 Å². The Morgan fingerprint density at radius 3 is 2.38 bits per heavy atom. The maximum Gasteiger partial charge on any atom is 0.262 e. The van der Waals surface area contributed by atoms with Crippen LogP contribution < -0.4 is 4.89 Å². The average molecular weight is 569 g/mol. The van der Waals surface area contributed by atoms with Gasteiger partial charge in [-0.3, -0.25) is 14.7 Å². The van der Waals surface area contributed by atoms with Gasteiger partial charge in [0.2, 0.25) is 0 Å². The molecule has 5 rings (SSSR count). The zero-order valence-electron chi connectivity index (χ0n) is 21.4. The van der Waals surface area contributed by atoms with Gasteiger partial charge in [-0.1, -0.05) is 23.1 Å². The summed E-state index contributed by atoms with van der Waals surface area (Å²) in [6.07, 6.45) is 9.62. The molecule has 10 heteroatoms. The van der Waals surface area contributed by atoms with Crippen molar-refractivity contribution in [3.05, 3.63) is 102 Å². The van der Waals surface area contributed by atoms with Crippen molar-refractivity contribution >= 4 is 28.0 Å². The van der Waals surface area contributed by atoms with Crippen LogP contribution in [0.2, 0.25) is 0 Å². The molecule has 7 nitrogen and oxygen atoms in total. The quantitative estimate of drug-likeness (QED) is 0.261. The molecule has 0 bridgehead atoms. The third kappa shape index (κ3) is 6.63. The number of halogens is 2. The van der Waals surface area contributed by atoms with E-state index in [1.54, 1.807) is 36.7 Å². The van der Waals surface area contributed by atoms with Crippen LogP contribution in [0.4, 0.5) is 4.39 Å². The van der Waals surface area contributed by atoms with Crippen molar-refractivity contribution in [3.8, 4) is 22.4 Å².